The van der Waals surface area contributed by atoms with Gasteiger partial charge in [0.05, 0.1) is 29.3 Å². The lowest BCUT2D eigenvalue weighted by Gasteiger charge is -2.63. The Kier molecular flexibility index (Phi) is 20.4. The standard InChI is InChI=1S/C78H112N6O10S/c1-46(56-28-30-58-73-60(44-67(87)77(56,58)5)76(4)37-35-52(41-50(76)43-64(73)85)82-71(91)25-15-39-80-95(93,94)66-23-13-19-54-55(66)20-12-22-63(54)84(7)8)26-32-69(89)79-38-14-24-70(90)81-51-34-36-75(3)49(40-51)42-65(86)74-59-31-29-57(78(59,6)68(88)45-61(74)75)47(2)27-33-72(92)83-62-21-11-17-48-16-9-10-18-53(48)62/h9-13,16-23,46-47,49-52,56-61,64-65,67-68,73-74,80,85-88H,14-15,24-45H2,1-8H3,(H,79,89)(H,81,90)(H,82,91)(H,83,92)/t46-,47-,49+,50+,51-,52-,56-,57-,58+,59+,60+,61+,64-,65-,67+,68+,73+,74+,75+,76+,77-,78-/m1/s1. The van der Waals surface area contributed by atoms with Gasteiger partial charge in [-0.05, 0) is 232 Å². The molecule has 0 aromatic heterocycles. The second kappa shape index (κ2) is 27.9. The van der Waals surface area contributed by atoms with E-state index in [1.807, 2.05) is 73.6 Å². The fourth-order valence-electron chi connectivity index (χ4n) is 22.8. The molecule has 4 aromatic rings. The second-order valence-electron chi connectivity index (χ2n) is 32.9. The van der Waals surface area contributed by atoms with Gasteiger partial charge in [-0.2, -0.15) is 0 Å². The van der Waals surface area contributed by atoms with E-state index in [1.165, 1.54) is 0 Å². The van der Waals surface area contributed by atoms with Crippen LogP contribution >= 0.6 is 0 Å². The summed E-state index contributed by atoms with van der Waals surface area (Å²) in [6.07, 6.45) is 13.3. The number of hydrogen-bond acceptors (Lipinski definition) is 11. The summed E-state index contributed by atoms with van der Waals surface area (Å²) in [6.45, 7) is 14.3. The van der Waals surface area contributed by atoms with E-state index in [-0.39, 0.29) is 146 Å². The topological polar surface area (TPSA) is 247 Å². The van der Waals surface area contributed by atoms with Crippen LogP contribution in [0.3, 0.4) is 0 Å². The molecule has 0 heterocycles. The summed E-state index contributed by atoms with van der Waals surface area (Å²) in [5, 5.41) is 65.5. The van der Waals surface area contributed by atoms with Crippen molar-refractivity contribution in [2.24, 2.45) is 92.7 Å². The van der Waals surface area contributed by atoms with Crippen LogP contribution in [0.5, 0.6) is 0 Å². The fraction of sp³-hybridized carbons (Fsp3) is 0.692. The number of nitrogens with one attached hydrogen (secondary N) is 5. The molecule has 0 saturated heterocycles. The molecule has 520 valence electrons. The lowest BCUT2D eigenvalue weighted by atomic mass is 9.43. The van der Waals surface area contributed by atoms with E-state index in [0.29, 0.717) is 76.1 Å². The third-order valence-electron chi connectivity index (χ3n) is 28.0. The van der Waals surface area contributed by atoms with E-state index in [2.05, 4.69) is 79.7 Å². The van der Waals surface area contributed by atoms with Gasteiger partial charge in [0.25, 0.3) is 0 Å². The first-order chi connectivity index (χ1) is 45.3. The number of carbonyl (C=O) groups is 4. The van der Waals surface area contributed by atoms with Crippen molar-refractivity contribution in [3.8, 4) is 0 Å². The van der Waals surface area contributed by atoms with Crippen LogP contribution in [0.1, 0.15) is 183 Å². The molecule has 0 radical (unpaired) electrons. The predicted molar refractivity (Wildman–Crippen MR) is 374 cm³/mol. The highest BCUT2D eigenvalue weighted by atomic mass is 32.2. The van der Waals surface area contributed by atoms with Crippen molar-refractivity contribution < 1.29 is 48.0 Å². The molecule has 0 aliphatic heterocycles. The third kappa shape index (κ3) is 13.2. The highest BCUT2D eigenvalue weighted by Gasteiger charge is 2.68. The lowest BCUT2D eigenvalue weighted by Crippen LogP contribution is -2.63. The first kappa shape index (κ1) is 69.7. The summed E-state index contributed by atoms with van der Waals surface area (Å²) in [7, 11) is 0.0399. The first-order valence-electron chi connectivity index (χ1n) is 36.8. The predicted octanol–water partition coefficient (Wildman–Crippen LogP) is 11.7. The molecule has 4 amide bonds. The Hall–Kier alpha value is -5.17. The van der Waals surface area contributed by atoms with Crippen LogP contribution in [0, 0.1) is 92.7 Å². The molecular formula is C78H112N6O10S. The minimum absolute atomic E-state index is 0.00915. The quantitative estimate of drug-likeness (QED) is 0.0335. The maximum absolute atomic E-state index is 13.5. The van der Waals surface area contributed by atoms with Crippen molar-refractivity contribution in [3.63, 3.8) is 0 Å². The summed E-state index contributed by atoms with van der Waals surface area (Å²) in [6, 6.07) is 25.0. The highest BCUT2D eigenvalue weighted by Crippen LogP contribution is 2.70. The number of aliphatic hydroxyl groups is 4. The first-order valence-corrected chi connectivity index (χ1v) is 38.3. The minimum atomic E-state index is -3.82. The average molecular weight is 1330 g/mol. The van der Waals surface area contributed by atoms with Crippen molar-refractivity contribution in [1.82, 2.24) is 20.7 Å². The zero-order chi connectivity index (χ0) is 67.5. The van der Waals surface area contributed by atoms with E-state index in [4.69, 9.17) is 0 Å². The van der Waals surface area contributed by atoms with Gasteiger partial charge >= 0.3 is 0 Å². The molecule has 17 heteroatoms. The van der Waals surface area contributed by atoms with Crippen LogP contribution in [0.25, 0.3) is 21.5 Å². The van der Waals surface area contributed by atoms with Gasteiger partial charge in [-0.3, -0.25) is 19.2 Å². The van der Waals surface area contributed by atoms with Crippen molar-refractivity contribution in [3.05, 3.63) is 78.9 Å². The van der Waals surface area contributed by atoms with Crippen LogP contribution in [0.4, 0.5) is 11.4 Å². The SMILES string of the molecule is C[C@H](CCC(=O)NCCCC(=O)N[C@@H]1CC[C@@]2(C)[C@@H](C1)C[C@@H](O)[C@@H]1[C@@H]2C[C@H](O)[C@]2(C)[C@@H]([C@H](C)CCC(=O)Nc3cccc4ccccc34)CC[C@@H]12)[C@H]1CC[C@H]2[C@@H]3[C@H](O)C[C@@H]4C[C@H](NC(=O)CCCNS(=O)(=O)c5cccc6c(N(C)C)cccc56)CC[C@]4(C)[C@H]3C[C@H](O)[C@]12C. The smallest absolute Gasteiger partial charge is 0.241 e. The fourth-order valence-corrected chi connectivity index (χ4v) is 24.1. The van der Waals surface area contributed by atoms with Gasteiger partial charge in [0.1, 0.15) is 0 Å². The number of rotatable bonds is 22. The Balaban J connectivity index is 0.550. The van der Waals surface area contributed by atoms with Crippen LogP contribution in [-0.2, 0) is 29.2 Å². The third-order valence-corrected chi connectivity index (χ3v) is 29.5. The number of carbonyl (C=O) groups excluding carboxylic acids is 4. The van der Waals surface area contributed by atoms with Crippen molar-refractivity contribution in [2.75, 3.05) is 37.4 Å². The van der Waals surface area contributed by atoms with Crippen LogP contribution < -0.4 is 30.9 Å². The molecule has 16 nitrogen and oxygen atoms in total. The van der Waals surface area contributed by atoms with Crippen LogP contribution in [-0.4, -0.2) is 116 Å². The lowest BCUT2D eigenvalue weighted by molar-refractivity contribution is -0.202. The van der Waals surface area contributed by atoms with E-state index in [0.717, 1.165) is 98.2 Å². The molecule has 8 fully saturated rings. The molecule has 12 rings (SSSR count). The minimum Gasteiger partial charge on any atom is -0.393 e. The second-order valence-corrected chi connectivity index (χ2v) is 34.6. The van der Waals surface area contributed by atoms with E-state index < -0.39 is 34.4 Å². The van der Waals surface area contributed by atoms with Gasteiger partial charge in [0.2, 0.25) is 33.7 Å². The van der Waals surface area contributed by atoms with Gasteiger partial charge < -0.3 is 46.6 Å². The number of nitrogens with zero attached hydrogens (tertiary/aromatic N) is 1. The van der Waals surface area contributed by atoms with Gasteiger partial charge in [-0.25, -0.2) is 13.1 Å². The summed E-state index contributed by atoms with van der Waals surface area (Å²) in [4.78, 5) is 55.8. The number of sulfonamides is 1. The number of amides is 4. The maximum atomic E-state index is 13.5. The number of fused-ring (bicyclic) bond motifs is 12. The highest BCUT2D eigenvalue weighted by molar-refractivity contribution is 7.89. The van der Waals surface area contributed by atoms with E-state index >= 15 is 0 Å². The zero-order valence-corrected chi connectivity index (χ0v) is 58.8. The molecule has 4 aromatic carbocycles. The normalized spacial score (nSPS) is 37.1. The monoisotopic (exact) mass is 1320 g/mol. The van der Waals surface area contributed by atoms with Gasteiger partial charge in [0.15, 0.2) is 0 Å². The molecule has 8 aliphatic carbocycles. The number of hydrogen-bond donors (Lipinski definition) is 9. The Labute approximate surface area is 565 Å². The molecule has 0 unspecified atom stereocenters. The number of benzene rings is 4. The summed E-state index contributed by atoms with van der Waals surface area (Å²) >= 11 is 0. The molecule has 9 N–H and O–H groups in total. The zero-order valence-electron chi connectivity index (χ0n) is 58.0. The van der Waals surface area contributed by atoms with Crippen molar-refractivity contribution >= 4 is 66.6 Å². The molecule has 0 spiro atoms. The molecule has 0 bridgehead atoms. The summed E-state index contributed by atoms with van der Waals surface area (Å²) in [5.41, 5.74) is 0.932. The van der Waals surface area contributed by atoms with Gasteiger partial charge in [-0.1, -0.05) is 102 Å². The summed E-state index contributed by atoms with van der Waals surface area (Å²) < 4.78 is 29.7. The summed E-state index contributed by atoms with van der Waals surface area (Å²) in [5.74, 6) is 2.16. The van der Waals surface area contributed by atoms with E-state index in [1.54, 1.807) is 12.1 Å². The van der Waals surface area contributed by atoms with E-state index in [9.17, 15) is 48.0 Å². The maximum Gasteiger partial charge on any atom is 0.241 e. The van der Waals surface area contributed by atoms with Gasteiger partial charge in [0, 0.05) is 92.5 Å². The van der Waals surface area contributed by atoms with Gasteiger partial charge in [-0.15, -0.1) is 0 Å². The Morgan fingerprint density at radius 1 is 0.537 bits per heavy atom. The Morgan fingerprint density at radius 2 is 1.03 bits per heavy atom. The Bertz CT molecular complexity index is 3560. The molecule has 8 aliphatic rings. The average Bonchev–Trinajstić information content (AvgIpc) is 1.69. The van der Waals surface area contributed by atoms with Crippen molar-refractivity contribution in [1.29, 1.82) is 0 Å². The van der Waals surface area contributed by atoms with Crippen LogP contribution in [0.15, 0.2) is 83.8 Å². The van der Waals surface area contributed by atoms with Crippen LogP contribution in [0.2, 0.25) is 0 Å². The van der Waals surface area contributed by atoms with Crippen molar-refractivity contribution in [2.45, 2.75) is 224 Å². The molecule has 95 heavy (non-hydrogen) atoms. The molecular weight excluding hydrogens is 1210 g/mol. The molecule has 22 atom stereocenters. The number of aliphatic hydroxyl groups excluding tert-OH is 4. The number of anilines is 2. The Morgan fingerprint density at radius 3 is 1.60 bits per heavy atom. The molecule has 8 saturated carbocycles. The largest absolute Gasteiger partial charge is 0.393 e.